The minimum atomic E-state index is -1.69. The number of rotatable bonds is 7. The van der Waals surface area contributed by atoms with Crippen molar-refractivity contribution in [2.75, 3.05) is 0 Å². The molecule has 0 bridgehead atoms. The molecule has 0 unspecified atom stereocenters. The molecule has 0 aliphatic rings. The standard InChI is InChI=1S/C25H19F5N4/c1-2-3-4-5-14-10-31-24(32-11-14)16-12-33-25(34-13-16)18-7-6-17(21(28)22(18)29)15-8-19(26)23(30)20(27)9-15/h6-13H,2-5H2,1H3. The number of halogens is 5. The molecule has 2 heterocycles. The second-order valence-electron chi connectivity index (χ2n) is 7.71. The lowest BCUT2D eigenvalue weighted by Gasteiger charge is -2.09. The van der Waals surface area contributed by atoms with E-state index in [1.807, 2.05) is 0 Å². The molecule has 0 atom stereocenters. The number of hydrogen-bond donors (Lipinski definition) is 0. The topological polar surface area (TPSA) is 51.6 Å². The minimum Gasteiger partial charge on any atom is -0.236 e. The Morgan fingerprint density at radius 1 is 0.618 bits per heavy atom. The van der Waals surface area contributed by atoms with Gasteiger partial charge in [0.1, 0.15) is 0 Å². The van der Waals surface area contributed by atoms with Gasteiger partial charge in [-0.1, -0.05) is 25.8 Å². The fourth-order valence-electron chi connectivity index (χ4n) is 3.45. The fraction of sp³-hybridized carbons (Fsp3) is 0.200. The Hall–Kier alpha value is -3.75. The van der Waals surface area contributed by atoms with Gasteiger partial charge in [-0.05, 0) is 42.2 Å². The largest absolute Gasteiger partial charge is 0.236 e. The fourth-order valence-corrected chi connectivity index (χ4v) is 3.45. The average Bonchev–Trinajstić information content (AvgIpc) is 2.85. The third-order valence-electron chi connectivity index (χ3n) is 5.30. The van der Waals surface area contributed by atoms with E-state index >= 15 is 0 Å². The van der Waals surface area contributed by atoms with E-state index in [0.29, 0.717) is 23.5 Å². The molecule has 174 valence electrons. The van der Waals surface area contributed by atoms with Crippen LogP contribution in [0.1, 0.15) is 31.7 Å². The van der Waals surface area contributed by atoms with Crippen molar-refractivity contribution < 1.29 is 22.0 Å². The van der Waals surface area contributed by atoms with Gasteiger partial charge in [-0.25, -0.2) is 41.9 Å². The Kier molecular flexibility index (Phi) is 6.90. The first-order valence-corrected chi connectivity index (χ1v) is 10.7. The summed E-state index contributed by atoms with van der Waals surface area (Å²) in [4.78, 5) is 16.8. The zero-order chi connectivity index (χ0) is 24.2. The predicted octanol–water partition coefficient (Wildman–Crippen LogP) is 6.70. The normalized spacial score (nSPS) is 11.1. The van der Waals surface area contributed by atoms with Gasteiger partial charge in [0, 0.05) is 30.4 Å². The van der Waals surface area contributed by atoms with Crippen LogP contribution in [0.3, 0.4) is 0 Å². The van der Waals surface area contributed by atoms with Crippen LogP contribution in [0.15, 0.2) is 49.1 Å². The lowest BCUT2D eigenvalue weighted by Crippen LogP contribution is -1.99. The summed E-state index contributed by atoms with van der Waals surface area (Å²) in [6.07, 6.45) is 10.5. The summed E-state index contributed by atoms with van der Waals surface area (Å²) in [5.74, 6) is -7.07. The van der Waals surface area contributed by atoms with Gasteiger partial charge >= 0.3 is 0 Å². The van der Waals surface area contributed by atoms with Crippen molar-refractivity contribution in [3.05, 3.63) is 83.7 Å². The second kappa shape index (κ2) is 10.0. The molecule has 0 saturated heterocycles. The van der Waals surface area contributed by atoms with Crippen molar-refractivity contribution in [1.29, 1.82) is 0 Å². The Balaban J connectivity index is 1.58. The van der Waals surface area contributed by atoms with E-state index in [-0.39, 0.29) is 17.0 Å². The van der Waals surface area contributed by atoms with Crippen molar-refractivity contribution in [2.45, 2.75) is 32.6 Å². The molecular formula is C25H19F5N4. The quantitative estimate of drug-likeness (QED) is 0.171. The van der Waals surface area contributed by atoms with E-state index in [2.05, 4.69) is 26.9 Å². The molecule has 2 aromatic heterocycles. The van der Waals surface area contributed by atoms with Crippen LogP contribution < -0.4 is 0 Å². The molecule has 0 radical (unpaired) electrons. The molecule has 4 rings (SSSR count). The van der Waals surface area contributed by atoms with Crippen LogP contribution in [0.25, 0.3) is 33.9 Å². The van der Waals surface area contributed by atoms with Crippen LogP contribution in [0.2, 0.25) is 0 Å². The summed E-state index contributed by atoms with van der Waals surface area (Å²) in [5.41, 5.74) is 0.504. The molecule has 34 heavy (non-hydrogen) atoms. The molecule has 0 amide bonds. The van der Waals surface area contributed by atoms with E-state index in [0.717, 1.165) is 37.3 Å². The van der Waals surface area contributed by atoms with E-state index in [4.69, 9.17) is 0 Å². The molecule has 4 nitrogen and oxygen atoms in total. The van der Waals surface area contributed by atoms with Gasteiger partial charge in [0.2, 0.25) is 0 Å². The smallest absolute Gasteiger partial charge is 0.194 e. The summed E-state index contributed by atoms with van der Waals surface area (Å²) in [7, 11) is 0. The zero-order valence-corrected chi connectivity index (χ0v) is 18.1. The van der Waals surface area contributed by atoms with E-state index in [1.165, 1.54) is 18.5 Å². The number of aromatic nitrogens is 4. The molecule has 0 spiro atoms. The van der Waals surface area contributed by atoms with Crippen molar-refractivity contribution in [2.24, 2.45) is 0 Å². The summed E-state index contributed by atoms with van der Waals surface area (Å²) < 4.78 is 69.7. The van der Waals surface area contributed by atoms with Gasteiger partial charge in [-0.2, -0.15) is 0 Å². The van der Waals surface area contributed by atoms with Gasteiger partial charge in [0.15, 0.2) is 40.7 Å². The molecule has 0 aliphatic heterocycles. The van der Waals surface area contributed by atoms with Gasteiger partial charge in [0.05, 0.1) is 11.1 Å². The van der Waals surface area contributed by atoms with Crippen LogP contribution in [-0.2, 0) is 6.42 Å². The van der Waals surface area contributed by atoms with Crippen LogP contribution in [-0.4, -0.2) is 19.9 Å². The lowest BCUT2D eigenvalue weighted by atomic mass is 10.0. The van der Waals surface area contributed by atoms with Crippen LogP contribution in [0.4, 0.5) is 22.0 Å². The number of hydrogen-bond acceptors (Lipinski definition) is 4. The summed E-state index contributed by atoms with van der Waals surface area (Å²) in [6, 6.07) is 3.49. The van der Waals surface area contributed by atoms with E-state index in [1.54, 1.807) is 12.4 Å². The first-order chi connectivity index (χ1) is 16.4. The molecule has 0 saturated carbocycles. The molecule has 2 aromatic carbocycles. The van der Waals surface area contributed by atoms with Gasteiger partial charge in [-0.3, -0.25) is 0 Å². The Morgan fingerprint density at radius 3 is 1.79 bits per heavy atom. The maximum absolute atomic E-state index is 14.8. The summed E-state index contributed by atoms with van der Waals surface area (Å²) in [6.45, 7) is 2.13. The first kappa shape index (κ1) is 23.4. The van der Waals surface area contributed by atoms with E-state index in [9.17, 15) is 22.0 Å². The number of nitrogens with zero attached hydrogens (tertiary/aromatic N) is 4. The highest BCUT2D eigenvalue weighted by Crippen LogP contribution is 2.31. The first-order valence-electron chi connectivity index (χ1n) is 10.7. The van der Waals surface area contributed by atoms with Gasteiger partial charge in [-0.15, -0.1) is 0 Å². The highest BCUT2D eigenvalue weighted by Gasteiger charge is 2.20. The highest BCUT2D eigenvalue weighted by molar-refractivity contribution is 5.69. The number of aryl methyl sites for hydroxylation is 1. The average molecular weight is 470 g/mol. The van der Waals surface area contributed by atoms with Crippen molar-refractivity contribution in [3.8, 4) is 33.9 Å². The summed E-state index contributed by atoms with van der Waals surface area (Å²) >= 11 is 0. The molecule has 0 aliphatic carbocycles. The van der Waals surface area contributed by atoms with Gasteiger partial charge in [0.25, 0.3) is 0 Å². The Morgan fingerprint density at radius 2 is 1.18 bits per heavy atom. The molecule has 4 aromatic rings. The van der Waals surface area contributed by atoms with E-state index < -0.39 is 34.6 Å². The lowest BCUT2D eigenvalue weighted by molar-refractivity contribution is 0.447. The van der Waals surface area contributed by atoms with Crippen LogP contribution in [0, 0.1) is 29.1 Å². The van der Waals surface area contributed by atoms with Gasteiger partial charge < -0.3 is 0 Å². The molecular weight excluding hydrogens is 451 g/mol. The second-order valence-corrected chi connectivity index (χ2v) is 7.71. The van der Waals surface area contributed by atoms with Crippen LogP contribution >= 0.6 is 0 Å². The summed E-state index contributed by atoms with van der Waals surface area (Å²) in [5, 5.41) is 0. The zero-order valence-electron chi connectivity index (χ0n) is 18.1. The monoisotopic (exact) mass is 470 g/mol. The number of benzene rings is 2. The van der Waals surface area contributed by atoms with Crippen molar-refractivity contribution in [3.63, 3.8) is 0 Å². The van der Waals surface area contributed by atoms with Crippen molar-refractivity contribution >= 4 is 0 Å². The third kappa shape index (κ3) is 4.78. The Bertz CT molecular complexity index is 1290. The van der Waals surface area contributed by atoms with Crippen LogP contribution in [0.5, 0.6) is 0 Å². The highest BCUT2D eigenvalue weighted by atomic mass is 19.2. The molecule has 0 fully saturated rings. The minimum absolute atomic E-state index is 0.0978. The predicted molar refractivity (Wildman–Crippen MR) is 117 cm³/mol. The maximum atomic E-state index is 14.8. The SMILES string of the molecule is CCCCCc1cnc(-c2cnc(-c3ccc(-c4cc(F)c(F)c(F)c4)c(F)c3F)nc2)nc1. The Labute approximate surface area is 192 Å². The maximum Gasteiger partial charge on any atom is 0.194 e. The number of unbranched alkanes of at least 4 members (excludes halogenated alkanes) is 2. The third-order valence-corrected chi connectivity index (χ3v) is 5.30. The van der Waals surface area contributed by atoms with Crippen molar-refractivity contribution in [1.82, 2.24) is 19.9 Å². The molecule has 9 heteroatoms. The molecule has 0 N–H and O–H groups in total.